The highest BCUT2D eigenvalue weighted by Crippen LogP contribution is 2.21. The normalized spacial score (nSPS) is 17.2. The summed E-state index contributed by atoms with van der Waals surface area (Å²) in [7, 11) is 0. The topological polar surface area (TPSA) is 106 Å². The number of hydrogen-bond donors (Lipinski definition) is 4. The zero-order valence-electron chi connectivity index (χ0n) is 13.6. The summed E-state index contributed by atoms with van der Waals surface area (Å²) in [5, 5.41) is 27.3. The van der Waals surface area contributed by atoms with E-state index in [1.54, 1.807) is 0 Å². The first kappa shape index (κ1) is 16.5. The predicted octanol–water partition coefficient (Wildman–Crippen LogP) is 2.40. The molecule has 1 heterocycles. The van der Waals surface area contributed by atoms with Gasteiger partial charge in [-0.1, -0.05) is 19.1 Å². The number of carbonyl (C=O) groups excluding carboxylic acids is 1. The maximum absolute atomic E-state index is 11.3. The van der Waals surface area contributed by atoms with Crippen molar-refractivity contribution in [2.24, 2.45) is 16.1 Å². The van der Waals surface area contributed by atoms with Crippen LogP contribution < -0.4 is 10.9 Å². The van der Waals surface area contributed by atoms with E-state index >= 15 is 0 Å². The highest BCUT2D eigenvalue weighted by atomic mass is 16.3. The molecular formula is C18H18N4O3. The third-order valence-electron chi connectivity index (χ3n) is 3.85. The Labute approximate surface area is 144 Å². The van der Waals surface area contributed by atoms with Gasteiger partial charge in [0.1, 0.15) is 11.5 Å². The van der Waals surface area contributed by atoms with Gasteiger partial charge >= 0.3 is 0 Å². The van der Waals surface area contributed by atoms with Crippen LogP contribution in [0.15, 0.2) is 52.7 Å². The minimum atomic E-state index is -0.0703. The van der Waals surface area contributed by atoms with Gasteiger partial charge in [0.25, 0.3) is 0 Å². The van der Waals surface area contributed by atoms with Crippen molar-refractivity contribution in [2.75, 3.05) is 5.43 Å². The minimum absolute atomic E-state index is 0.0324. The van der Waals surface area contributed by atoms with Crippen molar-refractivity contribution < 1.29 is 15.0 Å². The summed E-state index contributed by atoms with van der Waals surface area (Å²) in [6, 6.07) is 11.7. The summed E-state index contributed by atoms with van der Waals surface area (Å²) in [6.45, 7) is 1.97. The average molecular weight is 338 g/mol. The molecule has 1 amide bonds. The molecule has 0 bridgehead atoms. The number of benzene rings is 2. The van der Waals surface area contributed by atoms with Gasteiger partial charge in [-0.15, -0.1) is 0 Å². The Kier molecular flexibility index (Phi) is 4.65. The summed E-state index contributed by atoms with van der Waals surface area (Å²) in [5.41, 5.74) is 8.31. The van der Waals surface area contributed by atoms with Gasteiger partial charge in [-0.3, -0.25) is 10.2 Å². The number of aromatic hydroxyl groups is 2. The van der Waals surface area contributed by atoms with E-state index in [2.05, 4.69) is 21.1 Å². The van der Waals surface area contributed by atoms with Crippen LogP contribution in [0.1, 0.15) is 24.5 Å². The van der Waals surface area contributed by atoms with Gasteiger partial charge in [-0.2, -0.15) is 10.2 Å². The average Bonchev–Trinajstić information content (AvgIpc) is 2.59. The first-order chi connectivity index (χ1) is 12.0. The van der Waals surface area contributed by atoms with Crippen molar-refractivity contribution in [2.45, 2.75) is 13.3 Å². The lowest BCUT2D eigenvalue weighted by atomic mass is 9.94. The summed E-state index contributed by atoms with van der Waals surface area (Å²) in [4.78, 5) is 11.3. The number of nitrogens with one attached hydrogen (secondary N) is 2. The van der Waals surface area contributed by atoms with E-state index in [4.69, 9.17) is 0 Å². The van der Waals surface area contributed by atoms with Gasteiger partial charge < -0.3 is 10.2 Å². The molecule has 1 atom stereocenters. The third-order valence-corrected chi connectivity index (χ3v) is 3.85. The van der Waals surface area contributed by atoms with Crippen molar-refractivity contribution >= 4 is 23.5 Å². The molecule has 0 aliphatic carbocycles. The molecule has 0 fully saturated rings. The van der Waals surface area contributed by atoms with Crippen LogP contribution in [-0.4, -0.2) is 28.0 Å². The first-order valence-corrected chi connectivity index (χ1v) is 7.81. The van der Waals surface area contributed by atoms with Crippen LogP contribution in [-0.2, 0) is 4.79 Å². The molecule has 0 saturated heterocycles. The molecule has 1 aliphatic rings. The molecule has 7 nitrogen and oxygen atoms in total. The molecule has 7 heteroatoms. The third kappa shape index (κ3) is 3.95. The molecule has 2 aromatic carbocycles. The number of hydrazone groups is 2. The van der Waals surface area contributed by atoms with Crippen LogP contribution in [0.2, 0.25) is 0 Å². The Hall–Kier alpha value is -3.35. The second-order valence-electron chi connectivity index (χ2n) is 5.83. The summed E-state index contributed by atoms with van der Waals surface area (Å²) in [6.07, 6.45) is 1.85. The Balaban J connectivity index is 1.68. The van der Waals surface area contributed by atoms with Gasteiger partial charge in [0.2, 0.25) is 5.91 Å². The number of anilines is 1. The van der Waals surface area contributed by atoms with Gasteiger partial charge in [-0.05, 0) is 35.9 Å². The quantitative estimate of drug-likeness (QED) is 0.390. The smallest absolute Gasteiger partial charge is 0.240 e. The van der Waals surface area contributed by atoms with E-state index in [9.17, 15) is 15.0 Å². The van der Waals surface area contributed by atoms with Crippen molar-refractivity contribution in [1.82, 2.24) is 5.43 Å². The lowest BCUT2D eigenvalue weighted by Crippen LogP contribution is -2.31. The molecule has 0 spiro atoms. The molecule has 3 rings (SSSR count). The zero-order valence-corrected chi connectivity index (χ0v) is 13.6. The van der Waals surface area contributed by atoms with Crippen LogP contribution in [0.3, 0.4) is 0 Å². The Morgan fingerprint density at radius 3 is 2.72 bits per heavy atom. The number of phenolic OH excluding ortho intramolecular Hbond substituents is 2. The molecule has 1 unspecified atom stereocenters. The standard InChI is InChI=1S/C18H18N4O3/c1-11-8-17(25)21-22-18(11)12-2-4-14(5-3-12)20-19-10-13-9-15(23)6-7-16(13)24/h2-7,9-11,20,23-24H,8H2,1H3,(H,21,25)/b19-10+. The van der Waals surface area contributed by atoms with Crippen LogP contribution in [0, 0.1) is 5.92 Å². The van der Waals surface area contributed by atoms with Crippen LogP contribution in [0.4, 0.5) is 5.69 Å². The Morgan fingerprint density at radius 2 is 2.00 bits per heavy atom. The Morgan fingerprint density at radius 1 is 1.24 bits per heavy atom. The number of phenols is 2. The fraction of sp³-hybridized carbons (Fsp3) is 0.167. The van der Waals surface area contributed by atoms with Crippen LogP contribution in [0.5, 0.6) is 11.5 Å². The number of hydrogen-bond acceptors (Lipinski definition) is 6. The van der Waals surface area contributed by atoms with Crippen LogP contribution >= 0.6 is 0 Å². The molecule has 2 aromatic rings. The molecule has 4 N–H and O–H groups in total. The van der Waals surface area contributed by atoms with E-state index in [-0.39, 0.29) is 23.3 Å². The minimum Gasteiger partial charge on any atom is -0.508 e. The SMILES string of the molecule is CC1CC(=O)NN=C1c1ccc(N/N=C/c2cc(O)ccc2O)cc1. The van der Waals surface area contributed by atoms with E-state index in [0.29, 0.717) is 12.0 Å². The molecule has 1 aliphatic heterocycles. The molecule has 0 saturated carbocycles. The predicted molar refractivity (Wildman–Crippen MR) is 95.9 cm³/mol. The van der Waals surface area contributed by atoms with Crippen molar-refractivity contribution in [1.29, 1.82) is 0 Å². The highest BCUT2D eigenvalue weighted by molar-refractivity contribution is 6.05. The molecule has 128 valence electrons. The van der Waals surface area contributed by atoms with Gasteiger partial charge in [0.15, 0.2) is 0 Å². The number of amides is 1. The molecule has 0 aromatic heterocycles. The van der Waals surface area contributed by atoms with Gasteiger partial charge in [-0.25, -0.2) is 5.43 Å². The van der Waals surface area contributed by atoms with E-state index in [1.807, 2.05) is 31.2 Å². The molecular weight excluding hydrogens is 320 g/mol. The van der Waals surface area contributed by atoms with E-state index < -0.39 is 0 Å². The molecule has 25 heavy (non-hydrogen) atoms. The van der Waals surface area contributed by atoms with Crippen molar-refractivity contribution in [3.8, 4) is 11.5 Å². The fourth-order valence-corrected chi connectivity index (χ4v) is 2.54. The van der Waals surface area contributed by atoms with Crippen molar-refractivity contribution in [3.05, 3.63) is 53.6 Å². The number of nitrogens with zero attached hydrogens (tertiary/aromatic N) is 2. The van der Waals surface area contributed by atoms with Crippen LogP contribution in [0.25, 0.3) is 0 Å². The lowest BCUT2D eigenvalue weighted by Gasteiger charge is -2.19. The highest BCUT2D eigenvalue weighted by Gasteiger charge is 2.21. The molecule has 0 radical (unpaired) electrons. The zero-order chi connectivity index (χ0) is 17.8. The van der Waals surface area contributed by atoms with Crippen molar-refractivity contribution in [3.63, 3.8) is 0 Å². The summed E-state index contributed by atoms with van der Waals surface area (Å²) in [5.74, 6) is 0.0847. The monoisotopic (exact) mass is 338 g/mol. The van der Waals surface area contributed by atoms with E-state index in [0.717, 1.165) is 17.0 Å². The Bertz CT molecular complexity index is 844. The van der Waals surface area contributed by atoms with Gasteiger partial charge in [0.05, 0.1) is 17.6 Å². The van der Waals surface area contributed by atoms with Gasteiger partial charge in [0, 0.05) is 17.9 Å². The lowest BCUT2D eigenvalue weighted by molar-refractivity contribution is -0.121. The number of carbonyl (C=O) groups is 1. The maximum atomic E-state index is 11.3. The fourth-order valence-electron chi connectivity index (χ4n) is 2.54. The second-order valence-corrected chi connectivity index (χ2v) is 5.83. The summed E-state index contributed by atoms with van der Waals surface area (Å²) < 4.78 is 0. The largest absolute Gasteiger partial charge is 0.508 e. The number of rotatable bonds is 4. The summed E-state index contributed by atoms with van der Waals surface area (Å²) >= 11 is 0. The van der Waals surface area contributed by atoms with E-state index in [1.165, 1.54) is 24.4 Å². The second kappa shape index (κ2) is 7.04. The maximum Gasteiger partial charge on any atom is 0.240 e. The first-order valence-electron chi connectivity index (χ1n) is 7.81.